The van der Waals surface area contributed by atoms with E-state index in [1.54, 1.807) is 9.47 Å². The van der Waals surface area contributed by atoms with Gasteiger partial charge in [0.15, 0.2) is 17.0 Å². The van der Waals surface area contributed by atoms with E-state index >= 15 is 0 Å². The molecule has 8 nitrogen and oxygen atoms in total. The van der Waals surface area contributed by atoms with Gasteiger partial charge < -0.3 is 24.5 Å². The molecule has 0 aromatic carbocycles. The number of rotatable bonds is 6. The van der Waals surface area contributed by atoms with Gasteiger partial charge in [-0.25, -0.2) is 15.0 Å². The van der Waals surface area contributed by atoms with Crippen molar-refractivity contribution in [1.82, 2.24) is 19.5 Å². The van der Waals surface area contributed by atoms with Crippen molar-refractivity contribution in [1.29, 1.82) is 0 Å². The summed E-state index contributed by atoms with van der Waals surface area (Å²) >= 11 is 0. The highest BCUT2D eigenvalue weighted by Crippen LogP contribution is 2.25. The molecule has 108 valence electrons. The molecule has 0 bridgehead atoms. The fourth-order valence-electron chi connectivity index (χ4n) is 2.09. The maximum atomic E-state index is 10.8. The third-order valence-electron chi connectivity index (χ3n) is 3.09. The van der Waals surface area contributed by atoms with Crippen LogP contribution in [-0.2, 0) is 4.79 Å². The molecule has 0 aliphatic rings. The first kappa shape index (κ1) is 14.4. The van der Waals surface area contributed by atoms with Gasteiger partial charge in [0.05, 0.1) is 25.1 Å². The molecular weight excluding hydrogens is 262 g/mol. The Morgan fingerprint density at radius 3 is 2.75 bits per heavy atom. The number of imidazole rings is 1. The van der Waals surface area contributed by atoms with Crippen molar-refractivity contribution in [3.8, 4) is 0 Å². The summed E-state index contributed by atoms with van der Waals surface area (Å²) in [6.45, 7) is -0.441. The molecule has 0 spiro atoms. The molecule has 20 heavy (non-hydrogen) atoms. The van der Waals surface area contributed by atoms with Crippen LogP contribution in [0.4, 0.5) is 5.82 Å². The number of hydrogen-bond donors (Lipinski definition) is 2. The van der Waals surface area contributed by atoms with Crippen LogP contribution in [0, 0.1) is 0 Å². The SMILES string of the molecule is CN(C)c1ncnc2c1ncn2[C@@H](CC=O)[C@H](O)CO. The lowest BCUT2D eigenvalue weighted by Gasteiger charge is -2.21. The van der Waals surface area contributed by atoms with E-state index in [0.717, 1.165) is 0 Å². The number of fused-ring (bicyclic) bond motifs is 1. The summed E-state index contributed by atoms with van der Waals surface area (Å²) in [4.78, 5) is 25.1. The number of aromatic nitrogens is 4. The first-order valence-corrected chi connectivity index (χ1v) is 6.17. The van der Waals surface area contributed by atoms with Crippen molar-refractivity contribution in [2.75, 3.05) is 25.6 Å². The van der Waals surface area contributed by atoms with Gasteiger partial charge in [0.1, 0.15) is 12.6 Å². The highest BCUT2D eigenvalue weighted by atomic mass is 16.3. The molecule has 0 aliphatic carbocycles. The van der Waals surface area contributed by atoms with Gasteiger partial charge >= 0.3 is 0 Å². The summed E-state index contributed by atoms with van der Waals surface area (Å²) in [5.74, 6) is 0.650. The fraction of sp³-hybridized carbons (Fsp3) is 0.500. The Bertz CT molecular complexity index is 598. The van der Waals surface area contributed by atoms with E-state index in [0.29, 0.717) is 23.3 Å². The number of hydrogen-bond acceptors (Lipinski definition) is 7. The first-order chi connectivity index (χ1) is 9.60. The van der Waals surface area contributed by atoms with Gasteiger partial charge in [-0.05, 0) is 0 Å². The van der Waals surface area contributed by atoms with Crippen LogP contribution in [0.2, 0.25) is 0 Å². The van der Waals surface area contributed by atoms with E-state index in [1.165, 1.54) is 12.7 Å². The summed E-state index contributed by atoms with van der Waals surface area (Å²) in [5, 5.41) is 19.0. The minimum atomic E-state index is -1.06. The van der Waals surface area contributed by atoms with Crippen LogP contribution in [-0.4, -0.2) is 62.8 Å². The van der Waals surface area contributed by atoms with E-state index < -0.39 is 18.8 Å². The van der Waals surface area contributed by atoms with Crippen LogP contribution in [0.15, 0.2) is 12.7 Å². The minimum Gasteiger partial charge on any atom is -0.394 e. The van der Waals surface area contributed by atoms with Crippen molar-refractivity contribution in [2.24, 2.45) is 0 Å². The van der Waals surface area contributed by atoms with Crippen LogP contribution in [0.5, 0.6) is 0 Å². The third-order valence-corrected chi connectivity index (χ3v) is 3.09. The fourth-order valence-corrected chi connectivity index (χ4v) is 2.09. The summed E-state index contributed by atoms with van der Waals surface area (Å²) in [5.41, 5.74) is 1.10. The number of carbonyl (C=O) groups excluding carboxylic acids is 1. The summed E-state index contributed by atoms with van der Waals surface area (Å²) in [6, 6.07) is -0.604. The predicted molar refractivity (Wildman–Crippen MR) is 72.5 cm³/mol. The van der Waals surface area contributed by atoms with Gasteiger partial charge in [0.2, 0.25) is 0 Å². The molecule has 2 rings (SSSR count). The summed E-state index contributed by atoms with van der Waals surface area (Å²) < 4.78 is 1.60. The molecule has 2 aromatic heterocycles. The molecular formula is C12H17N5O3. The van der Waals surface area contributed by atoms with Gasteiger partial charge in [-0.15, -0.1) is 0 Å². The average molecular weight is 279 g/mol. The van der Waals surface area contributed by atoms with Crippen molar-refractivity contribution in [3.05, 3.63) is 12.7 Å². The summed E-state index contributed by atoms with van der Waals surface area (Å²) in [6.07, 6.45) is 2.60. The Kier molecular flexibility index (Phi) is 4.26. The van der Waals surface area contributed by atoms with Crippen molar-refractivity contribution >= 4 is 23.3 Å². The number of anilines is 1. The molecule has 2 aromatic rings. The normalized spacial score (nSPS) is 14.2. The zero-order valence-electron chi connectivity index (χ0n) is 11.3. The van der Waals surface area contributed by atoms with Crippen LogP contribution in [0.3, 0.4) is 0 Å². The molecule has 0 saturated heterocycles. The molecule has 0 fully saturated rings. The van der Waals surface area contributed by atoms with E-state index in [2.05, 4.69) is 15.0 Å². The van der Waals surface area contributed by atoms with Crippen LogP contribution < -0.4 is 4.90 Å². The Morgan fingerprint density at radius 2 is 2.15 bits per heavy atom. The van der Waals surface area contributed by atoms with E-state index in [9.17, 15) is 9.90 Å². The second-order valence-corrected chi connectivity index (χ2v) is 4.64. The molecule has 0 amide bonds. The summed E-state index contributed by atoms with van der Waals surface area (Å²) in [7, 11) is 3.68. The van der Waals surface area contributed by atoms with Gasteiger partial charge in [-0.2, -0.15) is 0 Å². The van der Waals surface area contributed by atoms with Crippen LogP contribution in [0.25, 0.3) is 11.2 Å². The van der Waals surface area contributed by atoms with Crippen LogP contribution >= 0.6 is 0 Å². The Labute approximate surface area is 115 Å². The molecule has 8 heteroatoms. The van der Waals surface area contributed by atoms with Gasteiger partial charge in [-0.3, -0.25) is 0 Å². The minimum absolute atomic E-state index is 0.0640. The van der Waals surface area contributed by atoms with E-state index in [1.807, 2.05) is 14.1 Å². The molecule has 0 radical (unpaired) electrons. The van der Waals surface area contributed by atoms with Gasteiger partial charge in [-0.1, -0.05) is 0 Å². The standard InChI is InChI=1S/C12H17N5O3/c1-16(2)11-10-12(14-6-13-11)17(7-15-10)8(3-4-18)9(20)5-19/h4,6-9,19-20H,3,5H2,1-2H3/t8-,9+/m0/s1. The largest absolute Gasteiger partial charge is 0.394 e. The number of aliphatic hydroxyl groups is 2. The topological polar surface area (TPSA) is 104 Å². The number of carbonyl (C=O) groups is 1. The highest BCUT2D eigenvalue weighted by Gasteiger charge is 2.23. The van der Waals surface area contributed by atoms with Gasteiger partial charge in [0, 0.05) is 20.5 Å². The Morgan fingerprint density at radius 1 is 1.40 bits per heavy atom. The highest BCUT2D eigenvalue weighted by molar-refractivity contribution is 5.83. The molecule has 2 N–H and O–H groups in total. The number of aliphatic hydroxyl groups excluding tert-OH is 2. The molecule has 2 heterocycles. The second-order valence-electron chi connectivity index (χ2n) is 4.64. The zero-order valence-corrected chi connectivity index (χ0v) is 11.3. The maximum Gasteiger partial charge on any atom is 0.165 e. The number of nitrogens with zero attached hydrogens (tertiary/aromatic N) is 5. The van der Waals surface area contributed by atoms with Crippen molar-refractivity contribution in [3.63, 3.8) is 0 Å². The lowest BCUT2D eigenvalue weighted by Crippen LogP contribution is -2.27. The third kappa shape index (κ3) is 2.47. The average Bonchev–Trinajstić information content (AvgIpc) is 2.87. The van der Waals surface area contributed by atoms with E-state index in [-0.39, 0.29) is 6.42 Å². The van der Waals surface area contributed by atoms with Crippen molar-refractivity contribution in [2.45, 2.75) is 18.6 Å². The maximum absolute atomic E-state index is 10.8. The monoisotopic (exact) mass is 279 g/mol. The Balaban J connectivity index is 2.54. The Hall–Kier alpha value is -2.06. The molecule has 0 unspecified atom stereocenters. The van der Waals surface area contributed by atoms with Crippen LogP contribution in [0.1, 0.15) is 12.5 Å². The van der Waals surface area contributed by atoms with Gasteiger partial charge in [0.25, 0.3) is 0 Å². The number of aldehydes is 1. The predicted octanol–water partition coefficient (Wildman–Crippen LogP) is -0.624. The lowest BCUT2D eigenvalue weighted by molar-refractivity contribution is -0.109. The molecule has 0 aliphatic heterocycles. The first-order valence-electron chi connectivity index (χ1n) is 6.17. The quantitative estimate of drug-likeness (QED) is 0.679. The lowest BCUT2D eigenvalue weighted by atomic mass is 10.1. The van der Waals surface area contributed by atoms with Crippen molar-refractivity contribution < 1.29 is 15.0 Å². The smallest absolute Gasteiger partial charge is 0.165 e. The second kappa shape index (κ2) is 5.93. The zero-order chi connectivity index (χ0) is 14.7. The van der Waals surface area contributed by atoms with E-state index in [4.69, 9.17) is 5.11 Å². The molecule has 0 saturated carbocycles. The molecule has 2 atom stereocenters.